The van der Waals surface area contributed by atoms with Crippen LogP contribution in [0.3, 0.4) is 0 Å². The number of hydrogen-bond acceptors (Lipinski definition) is 4. The maximum absolute atomic E-state index is 6.21. The Hall–Kier alpha value is -0.160. The second kappa shape index (κ2) is 5.68. The maximum atomic E-state index is 6.21. The van der Waals surface area contributed by atoms with Gasteiger partial charge in [-0.2, -0.15) is 0 Å². The molecule has 0 amide bonds. The van der Waals surface area contributed by atoms with Gasteiger partial charge in [-0.25, -0.2) is 0 Å². The largest absolute Gasteiger partial charge is 0.376 e. The van der Waals surface area contributed by atoms with E-state index < -0.39 is 0 Å². The van der Waals surface area contributed by atoms with Crippen LogP contribution in [0.4, 0.5) is 0 Å². The average Bonchev–Trinajstić information content (AvgIpc) is 2.41. The minimum Gasteiger partial charge on any atom is -0.376 e. The summed E-state index contributed by atoms with van der Waals surface area (Å²) in [5, 5.41) is 0. The fourth-order valence-electron chi connectivity index (χ4n) is 3.65. The fourth-order valence-corrected chi connectivity index (χ4v) is 3.65. The van der Waals surface area contributed by atoms with Gasteiger partial charge >= 0.3 is 0 Å². The second-order valence-corrected chi connectivity index (χ2v) is 6.65. The Morgan fingerprint density at radius 3 is 2.74 bits per heavy atom. The Morgan fingerprint density at radius 2 is 2.11 bits per heavy atom. The molecule has 2 heterocycles. The first kappa shape index (κ1) is 15.2. The molecule has 0 radical (unpaired) electrons. The van der Waals surface area contributed by atoms with Crippen LogP contribution in [-0.2, 0) is 9.47 Å². The molecule has 2 aliphatic heterocycles. The lowest BCUT2D eigenvalue weighted by atomic mass is 9.77. The summed E-state index contributed by atoms with van der Waals surface area (Å²) in [5.74, 6) is 0. The van der Waals surface area contributed by atoms with E-state index in [1.807, 2.05) is 0 Å². The van der Waals surface area contributed by atoms with Gasteiger partial charge in [-0.05, 0) is 40.0 Å². The molecule has 4 atom stereocenters. The van der Waals surface area contributed by atoms with Crippen molar-refractivity contribution in [2.45, 2.75) is 70.2 Å². The Balaban J connectivity index is 2.21. The van der Waals surface area contributed by atoms with E-state index >= 15 is 0 Å². The van der Waals surface area contributed by atoms with Crippen molar-refractivity contribution in [3.8, 4) is 0 Å². The third-order valence-corrected chi connectivity index (χ3v) is 5.07. The molecule has 2 rings (SSSR count). The minimum atomic E-state index is -0.0289. The molecular weight excluding hydrogens is 240 g/mol. The summed E-state index contributed by atoms with van der Waals surface area (Å²) in [7, 11) is 0. The van der Waals surface area contributed by atoms with Gasteiger partial charge in [-0.1, -0.05) is 6.92 Å². The van der Waals surface area contributed by atoms with Gasteiger partial charge in [0.05, 0.1) is 18.3 Å². The van der Waals surface area contributed by atoms with Crippen molar-refractivity contribution in [1.82, 2.24) is 4.90 Å². The predicted molar refractivity (Wildman–Crippen MR) is 77.2 cm³/mol. The first-order valence-electron chi connectivity index (χ1n) is 7.67. The molecule has 0 aromatic rings. The lowest BCUT2D eigenvalue weighted by molar-refractivity contribution is -0.163. The SMILES string of the molecule is CCC1(C)CC(CN)(N2CC(C)OCC2C)CCO1. The summed E-state index contributed by atoms with van der Waals surface area (Å²) in [6.45, 7) is 12.2. The highest BCUT2D eigenvalue weighted by molar-refractivity contribution is 5.03. The summed E-state index contributed by atoms with van der Waals surface area (Å²) in [4.78, 5) is 2.59. The van der Waals surface area contributed by atoms with Gasteiger partial charge in [0.25, 0.3) is 0 Å². The van der Waals surface area contributed by atoms with E-state index in [0.29, 0.717) is 18.7 Å². The van der Waals surface area contributed by atoms with Gasteiger partial charge < -0.3 is 15.2 Å². The quantitative estimate of drug-likeness (QED) is 0.849. The van der Waals surface area contributed by atoms with Crippen molar-refractivity contribution in [1.29, 1.82) is 0 Å². The molecule has 4 unspecified atom stereocenters. The van der Waals surface area contributed by atoms with Crippen molar-refractivity contribution in [3.05, 3.63) is 0 Å². The normalized spacial score (nSPS) is 45.3. The van der Waals surface area contributed by atoms with E-state index in [9.17, 15) is 0 Å². The molecule has 0 aliphatic carbocycles. The van der Waals surface area contributed by atoms with Crippen LogP contribution in [0.15, 0.2) is 0 Å². The summed E-state index contributed by atoms with van der Waals surface area (Å²) in [5.41, 5.74) is 6.27. The molecule has 2 fully saturated rings. The highest BCUT2D eigenvalue weighted by atomic mass is 16.5. The maximum Gasteiger partial charge on any atom is 0.0675 e. The van der Waals surface area contributed by atoms with Crippen molar-refractivity contribution < 1.29 is 9.47 Å². The zero-order valence-electron chi connectivity index (χ0n) is 12.9. The molecule has 2 aliphatic rings. The Kier molecular flexibility index (Phi) is 4.56. The molecular formula is C15H30N2O2. The zero-order valence-corrected chi connectivity index (χ0v) is 12.9. The van der Waals surface area contributed by atoms with E-state index in [2.05, 4.69) is 32.6 Å². The zero-order chi connectivity index (χ0) is 14.1. The molecule has 0 spiro atoms. The molecule has 2 saturated heterocycles. The topological polar surface area (TPSA) is 47.7 Å². The summed E-state index contributed by atoms with van der Waals surface area (Å²) in [6.07, 6.45) is 3.42. The number of ether oxygens (including phenoxy) is 2. The molecule has 4 heteroatoms. The molecule has 0 bridgehead atoms. The third-order valence-electron chi connectivity index (χ3n) is 5.07. The van der Waals surface area contributed by atoms with Crippen molar-refractivity contribution in [2.24, 2.45) is 5.73 Å². The third kappa shape index (κ3) is 2.97. The van der Waals surface area contributed by atoms with Crippen LogP contribution >= 0.6 is 0 Å². The van der Waals surface area contributed by atoms with E-state index in [4.69, 9.17) is 15.2 Å². The number of nitrogens with zero attached hydrogens (tertiary/aromatic N) is 1. The van der Waals surface area contributed by atoms with Crippen LogP contribution in [0.2, 0.25) is 0 Å². The summed E-state index contributed by atoms with van der Waals surface area (Å²) < 4.78 is 11.8. The van der Waals surface area contributed by atoms with Crippen molar-refractivity contribution in [2.75, 3.05) is 26.3 Å². The summed E-state index contributed by atoms with van der Waals surface area (Å²) in [6, 6.07) is 0.443. The first-order valence-corrected chi connectivity index (χ1v) is 7.67. The second-order valence-electron chi connectivity index (χ2n) is 6.65. The Morgan fingerprint density at radius 1 is 1.37 bits per heavy atom. The summed E-state index contributed by atoms with van der Waals surface area (Å²) >= 11 is 0. The van der Waals surface area contributed by atoms with Crippen molar-refractivity contribution >= 4 is 0 Å². The number of morpholine rings is 1. The minimum absolute atomic E-state index is 0.0289. The highest BCUT2D eigenvalue weighted by Gasteiger charge is 2.47. The van der Waals surface area contributed by atoms with E-state index in [1.54, 1.807) is 0 Å². The number of rotatable bonds is 3. The number of hydrogen-bond donors (Lipinski definition) is 1. The van der Waals surface area contributed by atoms with E-state index in [-0.39, 0.29) is 11.1 Å². The average molecular weight is 270 g/mol. The lowest BCUT2D eigenvalue weighted by Crippen LogP contribution is -2.66. The highest BCUT2D eigenvalue weighted by Crippen LogP contribution is 2.39. The predicted octanol–water partition coefficient (Wildman–Crippen LogP) is 1.77. The van der Waals surface area contributed by atoms with Crippen LogP contribution in [-0.4, -0.2) is 54.5 Å². The van der Waals surface area contributed by atoms with Crippen LogP contribution in [0.25, 0.3) is 0 Å². The standard InChI is InChI=1S/C15H30N2O2/c1-5-14(4)10-15(11-16,6-7-19-14)17-8-13(3)18-9-12(17)2/h12-13H,5-11,16H2,1-4H3. The lowest BCUT2D eigenvalue weighted by Gasteiger charge is -2.55. The van der Waals surface area contributed by atoms with Crippen LogP contribution in [0.5, 0.6) is 0 Å². The van der Waals surface area contributed by atoms with E-state index in [0.717, 1.165) is 39.0 Å². The Labute approximate surface area is 117 Å². The molecule has 2 N–H and O–H groups in total. The number of nitrogens with two attached hydrogens (primary N) is 1. The monoisotopic (exact) mass is 270 g/mol. The van der Waals surface area contributed by atoms with Gasteiger partial charge in [0.1, 0.15) is 0 Å². The first-order chi connectivity index (χ1) is 8.95. The molecule has 19 heavy (non-hydrogen) atoms. The molecule has 0 aromatic heterocycles. The van der Waals surface area contributed by atoms with Crippen LogP contribution < -0.4 is 5.73 Å². The Bertz CT molecular complexity index is 313. The van der Waals surface area contributed by atoms with E-state index in [1.165, 1.54) is 0 Å². The van der Waals surface area contributed by atoms with Gasteiger partial charge in [-0.3, -0.25) is 4.90 Å². The van der Waals surface area contributed by atoms with Crippen LogP contribution in [0, 0.1) is 0 Å². The molecule has 0 aromatic carbocycles. The van der Waals surface area contributed by atoms with Gasteiger partial charge in [0.2, 0.25) is 0 Å². The smallest absolute Gasteiger partial charge is 0.0675 e. The molecule has 112 valence electrons. The van der Waals surface area contributed by atoms with Gasteiger partial charge in [0, 0.05) is 31.3 Å². The molecule has 0 saturated carbocycles. The van der Waals surface area contributed by atoms with Crippen molar-refractivity contribution in [3.63, 3.8) is 0 Å². The van der Waals surface area contributed by atoms with Gasteiger partial charge in [0.15, 0.2) is 0 Å². The fraction of sp³-hybridized carbons (Fsp3) is 1.00. The molecule has 4 nitrogen and oxygen atoms in total. The van der Waals surface area contributed by atoms with Gasteiger partial charge in [-0.15, -0.1) is 0 Å². The van der Waals surface area contributed by atoms with Crippen LogP contribution in [0.1, 0.15) is 47.0 Å².